The zero-order valence-electron chi connectivity index (χ0n) is 21.2. The summed E-state index contributed by atoms with van der Waals surface area (Å²) in [7, 11) is 0. The Morgan fingerprint density at radius 1 is 1.22 bits per heavy atom. The van der Waals surface area contributed by atoms with E-state index in [9.17, 15) is 9.59 Å². The van der Waals surface area contributed by atoms with Crippen molar-refractivity contribution in [2.75, 3.05) is 6.61 Å². The van der Waals surface area contributed by atoms with E-state index in [2.05, 4.69) is 38.4 Å². The maximum Gasteiger partial charge on any atom is 0.327 e. The fourth-order valence-electron chi connectivity index (χ4n) is 4.57. The summed E-state index contributed by atoms with van der Waals surface area (Å²) in [6, 6.07) is 9.52. The standard InChI is InChI=1S/C26H32N6O4/c1-5-8-23(25-28-29-30-32(25)16-24(33)35-6-2)31(15-20-9-7-10-36-20)14-19-13-21-18(4)11-17(3)12-22(21)27-26(19)34/h7,9-13,23H,5-6,8,14-16H2,1-4H3,(H,27,34). The summed E-state index contributed by atoms with van der Waals surface area (Å²) in [6.45, 7) is 8.87. The minimum Gasteiger partial charge on any atom is -0.468 e. The number of pyridine rings is 1. The van der Waals surface area contributed by atoms with Gasteiger partial charge in [-0.15, -0.1) is 5.10 Å². The van der Waals surface area contributed by atoms with Crippen molar-refractivity contribution in [2.24, 2.45) is 0 Å². The van der Waals surface area contributed by atoms with Gasteiger partial charge in [-0.05, 0) is 73.0 Å². The Hall–Kier alpha value is -3.79. The molecule has 0 saturated heterocycles. The smallest absolute Gasteiger partial charge is 0.327 e. The minimum absolute atomic E-state index is 0.0833. The second kappa shape index (κ2) is 11.3. The number of esters is 1. The van der Waals surface area contributed by atoms with Crippen LogP contribution in [0.15, 0.2) is 45.8 Å². The van der Waals surface area contributed by atoms with Crippen LogP contribution in [0.5, 0.6) is 0 Å². The first-order valence-electron chi connectivity index (χ1n) is 12.2. The molecule has 4 rings (SSSR count). The summed E-state index contributed by atoms with van der Waals surface area (Å²) in [5, 5.41) is 13.2. The lowest BCUT2D eigenvalue weighted by molar-refractivity contribution is -0.144. The van der Waals surface area contributed by atoms with Gasteiger partial charge in [0.05, 0.1) is 25.5 Å². The van der Waals surface area contributed by atoms with Gasteiger partial charge in [0.25, 0.3) is 5.56 Å². The van der Waals surface area contributed by atoms with Gasteiger partial charge in [-0.1, -0.05) is 19.4 Å². The van der Waals surface area contributed by atoms with Gasteiger partial charge in [0.2, 0.25) is 0 Å². The lowest BCUT2D eigenvalue weighted by Crippen LogP contribution is -2.33. The first-order chi connectivity index (χ1) is 17.4. The van der Waals surface area contributed by atoms with Crippen LogP contribution < -0.4 is 5.56 Å². The average Bonchev–Trinajstić information content (AvgIpc) is 3.50. The van der Waals surface area contributed by atoms with Crippen molar-refractivity contribution in [1.29, 1.82) is 0 Å². The van der Waals surface area contributed by atoms with E-state index in [1.54, 1.807) is 13.2 Å². The summed E-state index contributed by atoms with van der Waals surface area (Å²) >= 11 is 0. The Morgan fingerprint density at radius 3 is 2.78 bits per heavy atom. The Bertz CT molecular complexity index is 1380. The molecule has 1 aromatic carbocycles. The van der Waals surface area contributed by atoms with E-state index < -0.39 is 5.97 Å². The molecule has 0 spiro atoms. The minimum atomic E-state index is -0.407. The molecule has 10 heteroatoms. The van der Waals surface area contributed by atoms with Gasteiger partial charge in [0.15, 0.2) is 5.82 Å². The molecule has 10 nitrogen and oxygen atoms in total. The number of ether oxygens (including phenoxy) is 1. The summed E-state index contributed by atoms with van der Waals surface area (Å²) in [4.78, 5) is 30.5. The normalized spacial score (nSPS) is 12.4. The topological polar surface area (TPSA) is 119 Å². The van der Waals surface area contributed by atoms with Gasteiger partial charge in [0.1, 0.15) is 12.3 Å². The third-order valence-corrected chi connectivity index (χ3v) is 6.15. The molecule has 0 bridgehead atoms. The highest BCUT2D eigenvalue weighted by Gasteiger charge is 2.28. The summed E-state index contributed by atoms with van der Waals surface area (Å²) in [5.41, 5.74) is 3.51. The fraction of sp³-hybridized carbons (Fsp3) is 0.423. The second-order valence-electron chi connectivity index (χ2n) is 8.96. The van der Waals surface area contributed by atoms with Gasteiger partial charge in [-0.3, -0.25) is 14.5 Å². The van der Waals surface area contributed by atoms with E-state index in [0.717, 1.165) is 34.2 Å². The van der Waals surface area contributed by atoms with Crippen molar-refractivity contribution in [3.8, 4) is 0 Å². The van der Waals surface area contributed by atoms with Crippen LogP contribution in [0.3, 0.4) is 0 Å². The predicted molar refractivity (Wildman–Crippen MR) is 134 cm³/mol. The zero-order chi connectivity index (χ0) is 25.7. The van der Waals surface area contributed by atoms with Crippen LogP contribution >= 0.6 is 0 Å². The van der Waals surface area contributed by atoms with Crippen LogP contribution in [0.1, 0.15) is 61.0 Å². The Morgan fingerprint density at radius 2 is 2.06 bits per heavy atom. The molecule has 0 aliphatic heterocycles. The number of hydrogen-bond acceptors (Lipinski definition) is 8. The number of benzene rings is 1. The molecule has 3 heterocycles. The summed E-state index contributed by atoms with van der Waals surface area (Å²) < 4.78 is 12.2. The van der Waals surface area contributed by atoms with Crippen molar-refractivity contribution < 1.29 is 13.9 Å². The molecule has 4 aromatic rings. The van der Waals surface area contributed by atoms with E-state index in [-0.39, 0.29) is 24.8 Å². The fourth-order valence-corrected chi connectivity index (χ4v) is 4.57. The highest BCUT2D eigenvalue weighted by Crippen LogP contribution is 2.28. The van der Waals surface area contributed by atoms with Gasteiger partial charge in [-0.25, -0.2) is 4.68 Å². The molecule has 3 aromatic heterocycles. The molecule has 190 valence electrons. The predicted octanol–water partition coefficient (Wildman–Crippen LogP) is 3.83. The first kappa shape index (κ1) is 25.3. The van der Waals surface area contributed by atoms with Gasteiger partial charge in [0, 0.05) is 23.0 Å². The zero-order valence-corrected chi connectivity index (χ0v) is 21.2. The number of nitrogens with zero attached hydrogens (tertiary/aromatic N) is 5. The second-order valence-corrected chi connectivity index (χ2v) is 8.96. The monoisotopic (exact) mass is 492 g/mol. The SMILES string of the molecule is CCCC(c1nnnn1CC(=O)OCC)N(Cc1ccco1)Cc1cc2c(C)cc(C)cc2[nH]c1=O. The molecular weight excluding hydrogens is 460 g/mol. The van der Waals surface area contributed by atoms with Gasteiger partial charge >= 0.3 is 5.97 Å². The van der Waals surface area contributed by atoms with Crippen LogP contribution in [0.25, 0.3) is 10.9 Å². The van der Waals surface area contributed by atoms with E-state index in [1.165, 1.54) is 4.68 Å². The average molecular weight is 493 g/mol. The Labute approximate surface area is 209 Å². The van der Waals surface area contributed by atoms with Crippen LogP contribution in [0, 0.1) is 13.8 Å². The molecule has 0 saturated carbocycles. The third kappa shape index (κ3) is 5.71. The van der Waals surface area contributed by atoms with Crippen LogP contribution in [-0.2, 0) is 29.2 Å². The molecule has 1 N–H and O–H groups in total. The maximum atomic E-state index is 13.1. The Balaban J connectivity index is 1.74. The molecule has 0 aliphatic carbocycles. The molecule has 1 unspecified atom stereocenters. The number of nitrogens with one attached hydrogen (secondary N) is 1. The number of carbonyl (C=O) groups is 1. The number of furan rings is 1. The molecule has 0 aliphatic rings. The first-order valence-corrected chi connectivity index (χ1v) is 12.2. The molecule has 0 amide bonds. The lowest BCUT2D eigenvalue weighted by atomic mass is 10.0. The quantitative estimate of drug-likeness (QED) is 0.314. The number of carbonyl (C=O) groups excluding carboxylic acids is 1. The van der Waals surface area contributed by atoms with Crippen LogP contribution in [-0.4, -0.2) is 42.7 Å². The van der Waals surface area contributed by atoms with Crippen molar-refractivity contribution >= 4 is 16.9 Å². The number of tetrazole rings is 1. The maximum absolute atomic E-state index is 13.1. The number of rotatable bonds is 11. The molecule has 36 heavy (non-hydrogen) atoms. The van der Waals surface area contributed by atoms with Crippen molar-refractivity contribution in [1.82, 2.24) is 30.1 Å². The number of aromatic amines is 1. The lowest BCUT2D eigenvalue weighted by Gasteiger charge is -2.30. The number of fused-ring (bicyclic) bond motifs is 1. The number of aromatic nitrogens is 5. The van der Waals surface area contributed by atoms with E-state index in [1.807, 2.05) is 38.1 Å². The van der Waals surface area contributed by atoms with Crippen LogP contribution in [0.4, 0.5) is 0 Å². The van der Waals surface area contributed by atoms with Gasteiger partial charge < -0.3 is 14.1 Å². The number of aryl methyl sites for hydroxylation is 2. The summed E-state index contributed by atoms with van der Waals surface area (Å²) in [6.07, 6.45) is 3.19. The molecular formula is C26H32N6O4. The molecule has 0 radical (unpaired) electrons. The number of H-pyrrole nitrogens is 1. The van der Waals surface area contributed by atoms with Crippen molar-refractivity contribution in [3.05, 3.63) is 75.2 Å². The van der Waals surface area contributed by atoms with E-state index in [0.29, 0.717) is 30.9 Å². The van der Waals surface area contributed by atoms with Crippen molar-refractivity contribution in [2.45, 2.75) is 66.2 Å². The van der Waals surface area contributed by atoms with E-state index >= 15 is 0 Å². The summed E-state index contributed by atoms with van der Waals surface area (Å²) in [5.74, 6) is 0.889. The third-order valence-electron chi connectivity index (χ3n) is 6.15. The highest BCUT2D eigenvalue weighted by molar-refractivity contribution is 5.83. The van der Waals surface area contributed by atoms with Gasteiger partial charge in [-0.2, -0.15) is 0 Å². The Kier molecular flexibility index (Phi) is 7.94. The largest absolute Gasteiger partial charge is 0.468 e. The van der Waals surface area contributed by atoms with E-state index in [4.69, 9.17) is 9.15 Å². The molecule has 1 atom stereocenters. The highest BCUT2D eigenvalue weighted by atomic mass is 16.5. The molecule has 0 fully saturated rings. The van der Waals surface area contributed by atoms with Crippen LogP contribution in [0.2, 0.25) is 0 Å². The number of hydrogen-bond donors (Lipinski definition) is 1. The van der Waals surface area contributed by atoms with Crippen molar-refractivity contribution in [3.63, 3.8) is 0 Å².